The van der Waals surface area contributed by atoms with Gasteiger partial charge in [-0.1, -0.05) is 0 Å². The number of ether oxygens (including phenoxy) is 1. The van der Waals surface area contributed by atoms with Gasteiger partial charge in [-0.05, 0) is 23.8 Å². The summed E-state index contributed by atoms with van der Waals surface area (Å²) in [6.45, 7) is 0.415. The zero-order chi connectivity index (χ0) is 8.97. The fourth-order valence-corrected chi connectivity index (χ4v) is 0.990. The van der Waals surface area contributed by atoms with E-state index in [1.54, 1.807) is 19.2 Å². The van der Waals surface area contributed by atoms with Crippen LogP contribution in [0.1, 0.15) is 15.9 Å². The summed E-state index contributed by atoms with van der Waals surface area (Å²) in [5.41, 5.74) is 6.92. The first-order chi connectivity index (χ1) is 5.80. The van der Waals surface area contributed by atoms with Crippen LogP contribution in [-0.2, 0) is 6.54 Å². The second kappa shape index (κ2) is 3.88. The standard InChI is InChI=1S/C9H11NO2/c1-12-9-3-7(5-10)2-8(4-9)6-11/h2-4,6H,5,10H2,1H3. The van der Waals surface area contributed by atoms with E-state index in [2.05, 4.69) is 0 Å². The molecule has 0 spiro atoms. The second-order valence-electron chi connectivity index (χ2n) is 2.44. The van der Waals surface area contributed by atoms with Crippen molar-refractivity contribution in [3.8, 4) is 5.75 Å². The number of nitrogens with two attached hydrogens (primary N) is 1. The van der Waals surface area contributed by atoms with E-state index in [0.717, 1.165) is 11.8 Å². The Hall–Kier alpha value is -1.35. The largest absolute Gasteiger partial charge is 0.497 e. The summed E-state index contributed by atoms with van der Waals surface area (Å²) in [5.74, 6) is 0.667. The van der Waals surface area contributed by atoms with Gasteiger partial charge in [-0.2, -0.15) is 0 Å². The Morgan fingerprint density at radius 1 is 1.50 bits per heavy atom. The molecular formula is C9H11NO2. The maximum absolute atomic E-state index is 10.4. The lowest BCUT2D eigenvalue weighted by Crippen LogP contribution is -1.98. The van der Waals surface area contributed by atoms with E-state index < -0.39 is 0 Å². The number of hydrogen-bond donors (Lipinski definition) is 1. The molecule has 0 atom stereocenters. The molecule has 1 aromatic rings. The predicted molar refractivity (Wildman–Crippen MR) is 46.3 cm³/mol. The van der Waals surface area contributed by atoms with Crippen LogP contribution in [0, 0.1) is 0 Å². The summed E-state index contributed by atoms with van der Waals surface area (Å²) in [6, 6.07) is 5.23. The van der Waals surface area contributed by atoms with Crippen LogP contribution in [0.25, 0.3) is 0 Å². The third-order valence-electron chi connectivity index (χ3n) is 1.60. The van der Waals surface area contributed by atoms with Crippen LogP contribution < -0.4 is 10.5 Å². The third-order valence-corrected chi connectivity index (χ3v) is 1.60. The van der Waals surface area contributed by atoms with Gasteiger partial charge in [-0.25, -0.2) is 0 Å². The van der Waals surface area contributed by atoms with Crippen molar-refractivity contribution in [2.75, 3.05) is 7.11 Å². The molecular weight excluding hydrogens is 154 g/mol. The van der Waals surface area contributed by atoms with Gasteiger partial charge < -0.3 is 10.5 Å². The van der Waals surface area contributed by atoms with Crippen LogP contribution in [-0.4, -0.2) is 13.4 Å². The van der Waals surface area contributed by atoms with Gasteiger partial charge >= 0.3 is 0 Å². The first kappa shape index (κ1) is 8.74. The van der Waals surface area contributed by atoms with E-state index in [0.29, 0.717) is 17.9 Å². The molecule has 0 unspecified atom stereocenters. The van der Waals surface area contributed by atoms with E-state index in [1.165, 1.54) is 0 Å². The lowest BCUT2D eigenvalue weighted by atomic mass is 10.1. The quantitative estimate of drug-likeness (QED) is 0.679. The molecule has 1 rings (SSSR count). The number of benzene rings is 1. The molecule has 0 amide bonds. The Kier molecular flexibility index (Phi) is 2.82. The number of rotatable bonds is 3. The number of hydrogen-bond acceptors (Lipinski definition) is 3. The van der Waals surface area contributed by atoms with Crippen LogP contribution in [0.2, 0.25) is 0 Å². The summed E-state index contributed by atoms with van der Waals surface area (Å²) in [5, 5.41) is 0. The maximum atomic E-state index is 10.4. The normalized spacial score (nSPS) is 9.50. The Balaban J connectivity index is 3.09. The second-order valence-corrected chi connectivity index (χ2v) is 2.44. The minimum Gasteiger partial charge on any atom is -0.497 e. The highest BCUT2D eigenvalue weighted by molar-refractivity contribution is 5.76. The Labute approximate surface area is 71.1 Å². The van der Waals surface area contributed by atoms with Crippen molar-refractivity contribution in [3.63, 3.8) is 0 Å². The zero-order valence-corrected chi connectivity index (χ0v) is 6.91. The molecule has 0 aromatic heterocycles. The smallest absolute Gasteiger partial charge is 0.150 e. The van der Waals surface area contributed by atoms with Crippen LogP contribution in [0.3, 0.4) is 0 Å². The van der Waals surface area contributed by atoms with E-state index in [1.807, 2.05) is 6.07 Å². The number of methoxy groups -OCH3 is 1. The Bertz CT molecular complexity index is 262. The molecule has 0 bridgehead atoms. The van der Waals surface area contributed by atoms with Crippen molar-refractivity contribution in [2.24, 2.45) is 5.73 Å². The molecule has 3 nitrogen and oxygen atoms in total. The monoisotopic (exact) mass is 165 g/mol. The summed E-state index contributed by atoms with van der Waals surface area (Å²) in [7, 11) is 1.56. The Morgan fingerprint density at radius 3 is 2.75 bits per heavy atom. The van der Waals surface area contributed by atoms with E-state index in [-0.39, 0.29) is 0 Å². The highest BCUT2D eigenvalue weighted by Gasteiger charge is 1.98. The van der Waals surface area contributed by atoms with E-state index >= 15 is 0 Å². The first-order valence-electron chi connectivity index (χ1n) is 3.63. The fourth-order valence-electron chi connectivity index (χ4n) is 0.990. The van der Waals surface area contributed by atoms with Crippen molar-refractivity contribution < 1.29 is 9.53 Å². The third kappa shape index (κ3) is 1.83. The SMILES string of the molecule is COc1cc(C=O)cc(CN)c1. The lowest BCUT2D eigenvalue weighted by Gasteiger charge is -2.03. The van der Waals surface area contributed by atoms with Gasteiger partial charge in [0.1, 0.15) is 12.0 Å². The number of carbonyl (C=O) groups is 1. The molecule has 0 saturated carbocycles. The summed E-state index contributed by atoms with van der Waals surface area (Å²) >= 11 is 0. The number of carbonyl (C=O) groups excluding carboxylic acids is 1. The molecule has 1 aromatic carbocycles. The number of aldehydes is 1. The summed E-state index contributed by atoms with van der Waals surface area (Å²) in [4.78, 5) is 10.4. The van der Waals surface area contributed by atoms with Crippen molar-refractivity contribution in [2.45, 2.75) is 6.54 Å². The Morgan fingerprint density at radius 2 is 2.25 bits per heavy atom. The summed E-state index contributed by atoms with van der Waals surface area (Å²) in [6.07, 6.45) is 0.779. The molecule has 2 N–H and O–H groups in total. The molecule has 12 heavy (non-hydrogen) atoms. The first-order valence-corrected chi connectivity index (χ1v) is 3.63. The topological polar surface area (TPSA) is 52.3 Å². The van der Waals surface area contributed by atoms with Crippen LogP contribution >= 0.6 is 0 Å². The van der Waals surface area contributed by atoms with Crippen LogP contribution in [0.15, 0.2) is 18.2 Å². The minimum absolute atomic E-state index is 0.415. The molecule has 0 fully saturated rings. The maximum Gasteiger partial charge on any atom is 0.150 e. The van der Waals surface area contributed by atoms with Gasteiger partial charge in [0.05, 0.1) is 7.11 Å². The van der Waals surface area contributed by atoms with Gasteiger partial charge in [0.2, 0.25) is 0 Å². The van der Waals surface area contributed by atoms with Crippen LogP contribution in [0.5, 0.6) is 5.75 Å². The highest BCUT2D eigenvalue weighted by Crippen LogP contribution is 2.15. The van der Waals surface area contributed by atoms with Crippen molar-refractivity contribution in [1.29, 1.82) is 0 Å². The van der Waals surface area contributed by atoms with Crippen molar-refractivity contribution in [3.05, 3.63) is 29.3 Å². The van der Waals surface area contributed by atoms with Crippen molar-refractivity contribution >= 4 is 6.29 Å². The van der Waals surface area contributed by atoms with E-state index in [4.69, 9.17) is 10.5 Å². The molecule has 0 aliphatic rings. The molecule has 0 heterocycles. The predicted octanol–water partition coefficient (Wildman–Crippen LogP) is 0.966. The highest BCUT2D eigenvalue weighted by atomic mass is 16.5. The molecule has 0 aliphatic carbocycles. The average Bonchev–Trinajstić information content (AvgIpc) is 2.16. The van der Waals surface area contributed by atoms with Gasteiger partial charge in [0, 0.05) is 12.1 Å². The van der Waals surface area contributed by atoms with E-state index in [9.17, 15) is 4.79 Å². The lowest BCUT2D eigenvalue weighted by molar-refractivity contribution is 0.112. The van der Waals surface area contributed by atoms with Crippen LogP contribution in [0.4, 0.5) is 0 Å². The molecule has 0 radical (unpaired) electrons. The van der Waals surface area contributed by atoms with Gasteiger partial charge in [0.15, 0.2) is 0 Å². The van der Waals surface area contributed by atoms with Gasteiger partial charge in [0.25, 0.3) is 0 Å². The zero-order valence-electron chi connectivity index (χ0n) is 6.91. The molecule has 64 valence electrons. The summed E-state index contributed by atoms with van der Waals surface area (Å²) < 4.78 is 4.98. The average molecular weight is 165 g/mol. The molecule has 3 heteroatoms. The minimum atomic E-state index is 0.415. The van der Waals surface area contributed by atoms with Gasteiger partial charge in [-0.15, -0.1) is 0 Å². The molecule has 0 saturated heterocycles. The van der Waals surface area contributed by atoms with Crippen molar-refractivity contribution in [1.82, 2.24) is 0 Å². The molecule has 0 aliphatic heterocycles. The fraction of sp³-hybridized carbons (Fsp3) is 0.222. The van der Waals surface area contributed by atoms with Gasteiger partial charge in [-0.3, -0.25) is 4.79 Å².